The second kappa shape index (κ2) is 6.31. The van der Waals surface area contributed by atoms with E-state index >= 15 is 0 Å². The Balaban J connectivity index is 1.74. The molecule has 2 heterocycles. The molecule has 2 aromatic rings. The van der Waals surface area contributed by atoms with Gasteiger partial charge in [0.1, 0.15) is 0 Å². The molecular formula is C15H14F2N2O3S. The van der Waals surface area contributed by atoms with Gasteiger partial charge >= 0.3 is 0 Å². The van der Waals surface area contributed by atoms with Gasteiger partial charge in [0.25, 0.3) is 16.4 Å². The number of nitrogens with zero attached hydrogens (tertiary/aromatic N) is 1. The summed E-state index contributed by atoms with van der Waals surface area (Å²) in [4.78, 5) is 3.66. The molecule has 1 aromatic heterocycles. The Labute approximate surface area is 132 Å². The highest BCUT2D eigenvalue weighted by atomic mass is 32.2. The van der Waals surface area contributed by atoms with E-state index in [9.17, 15) is 17.2 Å². The number of fused-ring (bicyclic) bond motifs is 1. The zero-order chi connectivity index (χ0) is 16.4. The molecular weight excluding hydrogens is 326 g/mol. The predicted octanol–water partition coefficient (Wildman–Crippen LogP) is 2.57. The van der Waals surface area contributed by atoms with E-state index in [0.717, 1.165) is 29.5 Å². The minimum Gasteiger partial charge on any atom is -0.367 e. The Bertz CT molecular complexity index is 812. The van der Waals surface area contributed by atoms with Crippen LogP contribution in [0.1, 0.15) is 29.2 Å². The number of rotatable bonds is 5. The van der Waals surface area contributed by atoms with Gasteiger partial charge in [0.05, 0.1) is 12.7 Å². The van der Waals surface area contributed by atoms with Gasteiger partial charge in [0, 0.05) is 18.3 Å². The molecule has 0 bridgehead atoms. The average molecular weight is 340 g/mol. The van der Waals surface area contributed by atoms with Crippen LogP contribution in [0.15, 0.2) is 47.6 Å². The van der Waals surface area contributed by atoms with Crippen LogP contribution in [-0.2, 0) is 21.4 Å². The van der Waals surface area contributed by atoms with Crippen molar-refractivity contribution in [2.75, 3.05) is 6.54 Å². The van der Waals surface area contributed by atoms with Crippen LogP contribution in [0.25, 0.3) is 0 Å². The average Bonchev–Trinajstić information content (AvgIpc) is 2.96. The van der Waals surface area contributed by atoms with Gasteiger partial charge in [-0.2, -0.15) is 0 Å². The smallest absolute Gasteiger partial charge is 0.264 e. The van der Waals surface area contributed by atoms with E-state index in [2.05, 4.69) is 9.71 Å². The largest absolute Gasteiger partial charge is 0.367 e. The molecule has 23 heavy (non-hydrogen) atoms. The van der Waals surface area contributed by atoms with Crippen molar-refractivity contribution in [2.45, 2.75) is 24.2 Å². The molecule has 0 amide bonds. The molecule has 8 heteroatoms. The van der Waals surface area contributed by atoms with Crippen LogP contribution in [0.2, 0.25) is 0 Å². The second-order valence-corrected chi connectivity index (χ2v) is 6.79. The van der Waals surface area contributed by atoms with Gasteiger partial charge in [-0.05, 0) is 23.3 Å². The summed E-state index contributed by atoms with van der Waals surface area (Å²) in [7, 11) is -3.98. The predicted molar refractivity (Wildman–Crippen MR) is 78.4 cm³/mol. The first-order valence-electron chi connectivity index (χ1n) is 6.90. The monoisotopic (exact) mass is 340 g/mol. The molecule has 1 atom stereocenters. The van der Waals surface area contributed by atoms with Crippen molar-refractivity contribution in [1.29, 1.82) is 0 Å². The molecule has 1 aromatic carbocycles. The minimum atomic E-state index is -3.98. The maximum Gasteiger partial charge on any atom is 0.264 e. The summed E-state index contributed by atoms with van der Waals surface area (Å²) in [5.74, 6) is 0. The summed E-state index contributed by atoms with van der Waals surface area (Å²) in [5.41, 5.74) is 1.54. The van der Waals surface area contributed by atoms with Crippen LogP contribution < -0.4 is 4.72 Å². The fourth-order valence-electron chi connectivity index (χ4n) is 2.40. The lowest BCUT2D eigenvalue weighted by Gasteiger charge is -2.13. The molecule has 0 saturated carbocycles. The van der Waals surface area contributed by atoms with Crippen LogP contribution in [0.5, 0.6) is 0 Å². The number of sulfonamides is 1. The molecule has 0 spiro atoms. The Morgan fingerprint density at radius 1 is 1.30 bits per heavy atom. The summed E-state index contributed by atoms with van der Waals surface area (Å²) in [5, 5.41) is -0.429. The zero-order valence-corrected chi connectivity index (χ0v) is 12.8. The Morgan fingerprint density at radius 2 is 2.09 bits per heavy atom. The lowest BCUT2D eigenvalue weighted by atomic mass is 10.1. The topological polar surface area (TPSA) is 68.3 Å². The van der Waals surface area contributed by atoms with Crippen LogP contribution >= 0.6 is 0 Å². The van der Waals surface area contributed by atoms with Crippen molar-refractivity contribution in [3.63, 3.8) is 0 Å². The number of pyridine rings is 1. The number of nitrogens with one attached hydrogen (secondary N) is 1. The van der Waals surface area contributed by atoms with Gasteiger partial charge in [-0.1, -0.05) is 24.3 Å². The second-order valence-electron chi connectivity index (χ2n) is 5.08. The maximum atomic E-state index is 12.7. The highest BCUT2D eigenvalue weighted by molar-refractivity contribution is 7.89. The van der Waals surface area contributed by atoms with Crippen molar-refractivity contribution in [1.82, 2.24) is 9.71 Å². The number of aromatic nitrogens is 1. The molecule has 1 unspecified atom stereocenters. The van der Waals surface area contributed by atoms with Gasteiger partial charge in [-0.3, -0.25) is 0 Å². The lowest BCUT2D eigenvalue weighted by molar-refractivity contribution is 0.0697. The van der Waals surface area contributed by atoms with Gasteiger partial charge in [-0.15, -0.1) is 0 Å². The number of hydrogen-bond acceptors (Lipinski definition) is 4. The molecule has 1 aliphatic rings. The third kappa shape index (κ3) is 3.39. The van der Waals surface area contributed by atoms with E-state index in [-0.39, 0.29) is 12.1 Å². The normalized spacial score (nSPS) is 17.4. The summed E-state index contributed by atoms with van der Waals surface area (Å²) >= 11 is 0. The first kappa shape index (κ1) is 16.0. The van der Waals surface area contributed by atoms with Gasteiger partial charge < -0.3 is 4.74 Å². The highest BCUT2D eigenvalue weighted by Crippen LogP contribution is 2.30. The van der Waals surface area contributed by atoms with E-state index in [1.165, 1.54) is 0 Å². The standard InChI is InChI=1S/C15H14F2N2O3S/c16-15(17)10-5-6-18-14(7-10)23(20,21)19-8-13-12-4-2-1-3-11(12)9-22-13/h1-7,13,15,19H,8-9H2. The first-order chi connectivity index (χ1) is 11.0. The molecule has 1 aliphatic heterocycles. The molecule has 5 nitrogen and oxygen atoms in total. The van der Waals surface area contributed by atoms with Crippen molar-refractivity contribution < 1.29 is 21.9 Å². The van der Waals surface area contributed by atoms with Gasteiger partial charge in [0.2, 0.25) is 0 Å². The number of ether oxygens (including phenoxy) is 1. The molecule has 0 fully saturated rings. The third-order valence-electron chi connectivity index (χ3n) is 3.59. The van der Waals surface area contributed by atoms with Crippen molar-refractivity contribution >= 4 is 10.0 Å². The summed E-state index contributed by atoms with van der Waals surface area (Å²) in [6.45, 7) is 0.432. The molecule has 3 rings (SSSR count). The van der Waals surface area contributed by atoms with Gasteiger partial charge in [-0.25, -0.2) is 26.9 Å². The Kier molecular flexibility index (Phi) is 4.38. The number of alkyl halides is 2. The van der Waals surface area contributed by atoms with Crippen LogP contribution in [0.3, 0.4) is 0 Å². The third-order valence-corrected chi connectivity index (χ3v) is 4.91. The van der Waals surface area contributed by atoms with Crippen LogP contribution in [-0.4, -0.2) is 19.9 Å². The summed E-state index contributed by atoms with van der Waals surface area (Å²) in [6.07, 6.45) is -2.10. The quantitative estimate of drug-likeness (QED) is 0.908. The van der Waals surface area contributed by atoms with E-state index in [0.29, 0.717) is 6.61 Å². The Hall–Kier alpha value is -1.90. The van der Waals surface area contributed by atoms with Crippen LogP contribution in [0.4, 0.5) is 8.78 Å². The minimum absolute atomic E-state index is 0.0138. The van der Waals surface area contributed by atoms with E-state index in [1.54, 1.807) is 0 Å². The first-order valence-corrected chi connectivity index (χ1v) is 8.39. The fourth-order valence-corrected chi connectivity index (χ4v) is 3.41. The zero-order valence-electron chi connectivity index (χ0n) is 11.9. The summed E-state index contributed by atoms with van der Waals surface area (Å²) < 4.78 is 57.7. The molecule has 0 aliphatic carbocycles. The highest BCUT2D eigenvalue weighted by Gasteiger charge is 2.25. The number of halogens is 2. The lowest BCUT2D eigenvalue weighted by Crippen LogP contribution is -2.29. The van der Waals surface area contributed by atoms with Crippen molar-refractivity contribution in [2.24, 2.45) is 0 Å². The van der Waals surface area contributed by atoms with E-state index in [1.807, 2.05) is 24.3 Å². The maximum absolute atomic E-state index is 12.7. The number of benzene rings is 1. The molecule has 0 saturated heterocycles. The van der Waals surface area contributed by atoms with E-state index in [4.69, 9.17) is 4.74 Å². The molecule has 1 N–H and O–H groups in total. The number of hydrogen-bond donors (Lipinski definition) is 1. The van der Waals surface area contributed by atoms with Gasteiger partial charge in [0.15, 0.2) is 5.03 Å². The molecule has 122 valence electrons. The molecule has 0 radical (unpaired) electrons. The Morgan fingerprint density at radius 3 is 2.87 bits per heavy atom. The van der Waals surface area contributed by atoms with Crippen LogP contribution in [0, 0.1) is 0 Å². The summed E-state index contributed by atoms with van der Waals surface area (Å²) in [6, 6.07) is 9.47. The fraction of sp³-hybridized carbons (Fsp3) is 0.267. The van der Waals surface area contributed by atoms with Crippen molar-refractivity contribution in [3.05, 3.63) is 59.3 Å². The van der Waals surface area contributed by atoms with Crippen molar-refractivity contribution in [3.8, 4) is 0 Å². The van der Waals surface area contributed by atoms with E-state index < -0.39 is 27.6 Å². The SMILES string of the molecule is O=S(=O)(NCC1OCc2ccccc21)c1cc(C(F)F)ccn1.